The Balaban J connectivity index is 1.13. The van der Waals surface area contributed by atoms with E-state index in [1.807, 2.05) is 24.3 Å². The fraction of sp³-hybridized carbons (Fsp3) is 0.356. The number of nitrogens with one attached hydrogen (secondary N) is 1. The molecule has 3 saturated heterocycles. The Morgan fingerprint density at radius 2 is 1.61 bits per heavy atom. The molecule has 6 atom stereocenters. The minimum atomic E-state index is -4.77. The molecule has 0 bridgehead atoms. The molecule has 5 aliphatic rings. The molecule has 4 amide bonds. The number of alkyl halides is 3. The van der Waals surface area contributed by atoms with Crippen molar-refractivity contribution in [1.29, 1.82) is 0 Å². The van der Waals surface area contributed by atoms with Crippen molar-refractivity contribution in [3.8, 4) is 11.5 Å². The van der Waals surface area contributed by atoms with E-state index in [9.17, 15) is 27.9 Å². The minimum Gasteiger partial charge on any atom is -0.503 e. The lowest BCUT2D eigenvalue weighted by Crippen LogP contribution is -2.53. The largest absolute Gasteiger partial charge is 0.503 e. The van der Waals surface area contributed by atoms with E-state index in [0.717, 1.165) is 11.6 Å². The van der Waals surface area contributed by atoms with Gasteiger partial charge in [-0.1, -0.05) is 88.9 Å². The first-order valence-corrected chi connectivity index (χ1v) is 21.3. The Kier molecular flexibility index (Phi) is 10.8. The number of anilines is 1. The van der Waals surface area contributed by atoms with Gasteiger partial charge in [-0.15, -0.1) is 0 Å². The topological polar surface area (TPSA) is 132 Å². The fourth-order valence-electron chi connectivity index (χ4n) is 10.6. The number of aromatic hydroxyl groups is 1. The van der Waals surface area contributed by atoms with E-state index in [0.29, 0.717) is 59.9 Å². The van der Waals surface area contributed by atoms with Crippen LogP contribution in [0.2, 0.25) is 15.1 Å². The molecule has 322 valence electrons. The molecule has 0 radical (unpaired) electrons. The van der Waals surface area contributed by atoms with Crippen LogP contribution in [0.5, 0.6) is 11.5 Å². The number of rotatable bonds is 8. The third-order valence-electron chi connectivity index (χ3n) is 13.4. The maximum Gasteiger partial charge on any atom is 0.417 e. The number of hydrogen-bond acceptors (Lipinski definition) is 9. The number of halogens is 6. The fourth-order valence-corrected chi connectivity index (χ4v) is 11.2. The van der Waals surface area contributed by atoms with Gasteiger partial charge in [0, 0.05) is 42.8 Å². The normalized spacial score (nSPS) is 26.6. The van der Waals surface area contributed by atoms with E-state index in [4.69, 9.17) is 39.5 Å². The van der Waals surface area contributed by atoms with Crippen LogP contribution in [-0.4, -0.2) is 74.8 Å². The molecule has 3 aromatic carbocycles. The summed E-state index contributed by atoms with van der Waals surface area (Å²) in [6.45, 7) is 2.13. The van der Waals surface area contributed by atoms with E-state index in [2.05, 4.69) is 27.4 Å². The van der Waals surface area contributed by atoms with Crippen LogP contribution in [0.3, 0.4) is 0 Å². The van der Waals surface area contributed by atoms with Crippen LogP contribution in [-0.2, 0) is 37.3 Å². The van der Waals surface area contributed by atoms with Gasteiger partial charge in [0.25, 0.3) is 11.8 Å². The predicted molar refractivity (Wildman–Crippen MR) is 223 cm³/mol. The number of piperidine rings is 1. The number of ether oxygens (including phenoxy) is 1. The van der Waals surface area contributed by atoms with Crippen molar-refractivity contribution in [3.63, 3.8) is 0 Å². The van der Waals surface area contributed by atoms with E-state index >= 15 is 9.59 Å². The molecule has 3 aliphatic heterocycles. The first-order valence-electron chi connectivity index (χ1n) is 20.2. The number of likely N-dealkylation sites (tertiary alicyclic amines) is 2. The van der Waals surface area contributed by atoms with Gasteiger partial charge in [0.1, 0.15) is 0 Å². The zero-order valence-corrected chi connectivity index (χ0v) is 35.3. The van der Waals surface area contributed by atoms with E-state index in [-0.39, 0.29) is 53.0 Å². The number of hydrogen-bond donors (Lipinski definition) is 2. The third-order valence-corrected chi connectivity index (χ3v) is 14.2. The molecule has 2 aliphatic carbocycles. The average molecular weight is 909 g/mol. The van der Waals surface area contributed by atoms with Crippen LogP contribution in [0.1, 0.15) is 53.9 Å². The minimum absolute atomic E-state index is 0.0175. The smallest absolute Gasteiger partial charge is 0.417 e. The van der Waals surface area contributed by atoms with E-state index in [1.165, 1.54) is 29.7 Å². The number of phenolic OH excluding ortho intramolecular Hbond substituents is 1. The number of methoxy groups -OCH3 is 1. The molecule has 62 heavy (non-hydrogen) atoms. The first kappa shape index (κ1) is 42.2. The van der Waals surface area contributed by atoms with Gasteiger partial charge in [0.15, 0.2) is 17.3 Å². The number of benzene rings is 3. The molecule has 4 fully saturated rings. The lowest BCUT2D eigenvalue weighted by molar-refractivity contribution is -0.144. The first-order chi connectivity index (χ1) is 29.6. The number of fused-ring (bicyclic) bond motifs is 4. The summed E-state index contributed by atoms with van der Waals surface area (Å²) in [6, 6.07) is 19.8. The monoisotopic (exact) mass is 907 g/mol. The Morgan fingerprint density at radius 1 is 0.903 bits per heavy atom. The molecule has 1 aromatic heterocycles. The van der Waals surface area contributed by atoms with Crippen molar-refractivity contribution < 1.29 is 42.2 Å². The number of allylic oxidation sites excluding steroid dienone is 2. The lowest BCUT2D eigenvalue weighted by Gasteiger charge is -2.50. The van der Waals surface area contributed by atoms with Crippen LogP contribution in [0.4, 0.5) is 19.0 Å². The number of carbonyl (C=O) groups excluding carboxylic acids is 4. The second-order valence-electron chi connectivity index (χ2n) is 16.5. The van der Waals surface area contributed by atoms with Crippen LogP contribution >= 0.6 is 34.8 Å². The van der Waals surface area contributed by atoms with Crippen LogP contribution < -0.4 is 10.2 Å². The average Bonchev–Trinajstić information content (AvgIpc) is 3.63. The van der Waals surface area contributed by atoms with Crippen LogP contribution in [0.15, 0.2) is 90.6 Å². The zero-order chi connectivity index (χ0) is 43.8. The highest BCUT2D eigenvalue weighted by molar-refractivity contribution is 6.33. The highest BCUT2D eigenvalue weighted by Crippen LogP contribution is 2.65. The Bertz CT molecular complexity index is 2520. The van der Waals surface area contributed by atoms with Crippen molar-refractivity contribution in [3.05, 3.63) is 128 Å². The maximum atomic E-state index is 15.5. The van der Waals surface area contributed by atoms with Crippen molar-refractivity contribution in [2.75, 3.05) is 25.6 Å². The van der Waals surface area contributed by atoms with Gasteiger partial charge in [-0.25, -0.2) is 4.98 Å². The summed E-state index contributed by atoms with van der Waals surface area (Å²) < 4.78 is 46.3. The summed E-state index contributed by atoms with van der Waals surface area (Å²) in [4.78, 5) is 67.4. The molecule has 4 aromatic rings. The Labute approximate surface area is 369 Å². The summed E-state index contributed by atoms with van der Waals surface area (Å²) in [6.07, 6.45) is -1.02. The predicted octanol–water partition coefficient (Wildman–Crippen LogP) is 8.42. The standard InChI is InChI=1S/C45H39Cl3F3N5O6/c1-62-35-18-24(17-33(47)38(35)57)37-29-11-12-30-36(42(60)55(40(30)58)28-13-15-54(16-14-28)22-23-5-3-2-4-6-23)31(29)20-32-41(59)56(43(61)44(32,37)25-7-9-27(46)10-8-25)53-39-34(48)19-26(21-52-39)45(49,50)51/h2-11,17-19,21,28,30-32,36-37,57H,12-16,20,22H2,1H3,(H,52,53). The SMILES string of the molecule is COc1cc(C2C3=CCC4C(=O)N(C5CCN(Cc6ccccc6)CC5)C(=O)C4C3CC3C(=O)N(Nc4ncc(C(F)(F)F)cc4Cl)C(=O)C32c2ccc(Cl)cc2)cc(Cl)c1O. The van der Waals surface area contributed by atoms with Crippen molar-refractivity contribution >= 4 is 64.2 Å². The number of phenols is 1. The third kappa shape index (κ3) is 6.81. The van der Waals surface area contributed by atoms with Gasteiger partial charge in [-0.3, -0.25) is 34.4 Å². The molecule has 4 heterocycles. The lowest BCUT2D eigenvalue weighted by atomic mass is 9.49. The van der Waals surface area contributed by atoms with Gasteiger partial charge in [0.2, 0.25) is 11.8 Å². The number of aromatic nitrogens is 1. The summed E-state index contributed by atoms with van der Waals surface area (Å²) in [7, 11) is 1.33. The van der Waals surface area contributed by atoms with Gasteiger partial charge >= 0.3 is 6.18 Å². The zero-order valence-electron chi connectivity index (χ0n) is 33.0. The molecule has 9 rings (SSSR count). The Hall–Kier alpha value is -5.15. The summed E-state index contributed by atoms with van der Waals surface area (Å²) in [5, 5.41) is 11.3. The van der Waals surface area contributed by atoms with Crippen LogP contribution in [0, 0.1) is 23.7 Å². The Morgan fingerprint density at radius 3 is 2.27 bits per heavy atom. The number of pyridine rings is 1. The highest BCUT2D eigenvalue weighted by atomic mass is 35.5. The molecule has 11 nitrogen and oxygen atoms in total. The second kappa shape index (κ2) is 15.9. The molecular weight excluding hydrogens is 870 g/mol. The molecule has 1 saturated carbocycles. The molecule has 6 unspecified atom stereocenters. The number of nitrogens with zero attached hydrogens (tertiary/aromatic N) is 4. The van der Waals surface area contributed by atoms with Gasteiger partial charge < -0.3 is 9.84 Å². The van der Waals surface area contributed by atoms with Gasteiger partial charge in [0.05, 0.1) is 45.9 Å². The molecule has 17 heteroatoms. The summed E-state index contributed by atoms with van der Waals surface area (Å²) >= 11 is 19.3. The number of imide groups is 2. The van der Waals surface area contributed by atoms with E-state index < -0.39 is 63.6 Å². The van der Waals surface area contributed by atoms with E-state index in [1.54, 1.807) is 24.3 Å². The quantitative estimate of drug-likeness (QED) is 0.132. The number of carbonyl (C=O) groups is 4. The second-order valence-corrected chi connectivity index (χ2v) is 17.8. The van der Waals surface area contributed by atoms with Gasteiger partial charge in [-0.2, -0.15) is 18.2 Å². The number of amides is 4. The molecule has 0 spiro atoms. The summed E-state index contributed by atoms with van der Waals surface area (Å²) in [5.74, 6) is -7.47. The van der Waals surface area contributed by atoms with Crippen molar-refractivity contribution in [1.82, 2.24) is 19.8 Å². The highest BCUT2D eigenvalue weighted by Gasteiger charge is 2.70. The molecule has 2 N–H and O–H groups in total. The summed E-state index contributed by atoms with van der Waals surface area (Å²) in [5.41, 5.74) is 2.22. The van der Waals surface area contributed by atoms with Crippen molar-refractivity contribution in [2.24, 2.45) is 23.7 Å². The van der Waals surface area contributed by atoms with Gasteiger partial charge in [-0.05, 0) is 78.6 Å². The van der Waals surface area contributed by atoms with Crippen LogP contribution in [0.25, 0.3) is 0 Å². The molecular formula is C45H39Cl3F3N5O6. The maximum absolute atomic E-state index is 15.5. The van der Waals surface area contributed by atoms with Crippen molar-refractivity contribution in [2.45, 2.75) is 55.8 Å². The number of hydrazine groups is 1.